The first-order chi connectivity index (χ1) is 16.5. The molecule has 0 radical (unpaired) electrons. The van der Waals surface area contributed by atoms with E-state index in [4.69, 9.17) is 9.47 Å². The normalized spacial score (nSPS) is 11.6. The Kier molecular flexibility index (Phi) is 6.74. The number of aliphatic hydroxyl groups is 1. The van der Waals surface area contributed by atoms with Crippen molar-refractivity contribution in [1.29, 1.82) is 0 Å². The minimum absolute atomic E-state index is 0.0279. The predicted molar refractivity (Wildman–Crippen MR) is 124 cm³/mol. The second-order valence-electron chi connectivity index (χ2n) is 7.17. The summed E-state index contributed by atoms with van der Waals surface area (Å²) in [6, 6.07) is 8.15. The second kappa shape index (κ2) is 10.0. The number of pyridine rings is 1. The van der Waals surface area contributed by atoms with Gasteiger partial charge < -0.3 is 25.2 Å². The van der Waals surface area contributed by atoms with E-state index in [0.29, 0.717) is 40.0 Å². The number of nitrogens with one attached hydrogen (secondary N) is 2. The molecule has 10 nitrogen and oxygen atoms in total. The van der Waals surface area contributed by atoms with E-state index in [1.165, 1.54) is 39.0 Å². The molecule has 3 aromatic heterocycles. The standard InChI is InChI=1S/C23H22FN7O3/c1-13(32)14-4-5-20(26-9-14)31-21-8-17(27-12-28-21)16-10-25-11-29-23(16)30-18-6-15(33-2)7-19(34-3)22(18)24/h4-13,32H,1-3H3,(H,25,29,30)(H,26,27,28,31). The summed E-state index contributed by atoms with van der Waals surface area (Å²) in [6.07, 6.45) is 5.26. The van der Waals surface area contributed by atoms with Crippen LogP contribution in [0.3, 0.4) is 0 Å². The molecule has 0 saturated carbocycles. The van der Waals surface area contributed by atoms with E-state index in [2.05, 4.69) is 35.6 Å². The molecule has 0 bridgehead atoms. The Labute approximate surface area is 194 Å². The fourth-order valence-corrected chi connectivity index (χ4v) is 3.10. The van der Waals surface area contributed by atoms with E-state index in [-0.39, 0.29) is 11.4 Å². The van der Waals surface area contributed by atoms with Gasteiger partial charge in [0.1, 0.15) is 35.9 Å². The van der Waals surface area contributed by atoms with E-state index in [9.17, 15) is 9.50 Å². The topological polar surface area (TPSA) is 127 Å². The number of methoxy groups -OCH3 is 2. The molecule has 0 fully saturated rings. The maximum absolute atomic E-state index is 14.8. The molecule has 3 heterocycles. The van der Waals surface area contributed by atoms with Crippen molar-refractivity contribution in [2.24, 2.45) is 0 Å². The van der Waals surface area contributed by atoms with Crippen molar-refractivity contribution in [1.82, 2.24) is 24.9 Å². The largest absolute Gasteiger partial charge is 0.497 e. The van der Waals surface area contributed by atoms with Gasteiger partial charge in [-0.25, -0.2) is 29.3 Å². The van der Waals surface area contributed by atoms with E-state index in [1.807, 2.05) is 0 Å². The monoisotopic (exact) mass is 463 g/mol. The molecule has 0 aliphatic rings. The number of ether oxygens (including phenoxy) is 2. The molecular weight excluding hydrogens is 441 g/mol. The summed E-state index contributed by atoms with van der Waals surface area (Å²) in [5.41, 5.74) is 1.83. The first-order valence-electron chi connectivity index (χ1n) is 10.2. The lowest BCUT2D eigenvalue weighted by Crippen LogP contribution is -2.03. The van der Waals surface area contributed by atoms with Crippen molar-refractivity contribution in [2.45, 2.75) is 13.0 Å². The maximum atomic E-state index is 14.8. The third kappa shape index (κ3) is 4.99. The van der Waals surface area contributed by atoms with Gasteiger partial charge in [0.25, 0.3) is 0 Å². The number of aliphatic hydroxyl groups excluding tert-OH is 1. The molecule has 1 atom stereocenters. The van der Waals surface area contributed by atoms with Gasteiger partial charge in [-0.1, -0.05) is 6.07 Å². The first kappa shape index (κ1) is 22.8. The Morgan fingerprint density at radius 3 is 2.47 bits per heavy atom. The molecule has 1 unspecified atom stereocenters. The number of hydrogen-bond donors (Lipinski definition) is 3. The molecule has 0 amide bonds. The van der Waals surface area contributed by atoms with Crippen LogP contribution in [0.15, 0.2) is 55.4 Å². The van der Waals surface area contributed by atoms with Gasteiger partial charge >= 0.3 is 0 Å². The SMILES string of the molecule is COc1cc(Nc2ncncc2-c2cc(Nc3ccc(C(C)O)cn3)ncn2)c(F)c(OC)c1. The highest BCUT2D eigenvalue weighted by Crippen LogP contribution is 2.34. The molecule has 3 N–H and O–H groups in total. The van der Waals surface area contributed by atoms with Crippen LogP contribution in [0.4, 0.5) is 27.5 Å². The third-order valence-electron chi connectivity index (χ3n) is 4.90. The number of aromatic nitrogens is 5. The van der Waals surface area contributed by atoms with Crippen LogP contribution in [0.5, 0.6) is 11.5 Å². The molecule has 1 aromatic carbocycles. The lowest BCUT2D eigenvalue weighted by Gasteiger charge is -2.14. The Bertz CT molecular complexity index is 1290. The number of hydrogen-bond acceptors (Lipinski definition) is 10. The van der Waals surface area contributed by atoms with Gasteiger partial charge in [-0.2, -0.15) is 0 Å². The lowest BCUT2D eigenvalue weighted by atomic mass is 10.2. The Morgan fingerprint density at radius 1 is 0.912 bits per heavy atom. The van der Waals surface area contributed by atoms with Crippen LogP contribution in [0.1, 0.15) is 18.6 Å². The average Bonchev–Trinajstić information content (AvgIpc) is 2.86. The Balaban J connectivity index is 1.63. The summed E-state index contributed by atoms with van der Waals surface area (Å²) < 4.78 is 25.2. The molecule has 0 saturated heterocycles. The van der Waals surface area contributed by atoms with E-state index in [0.717, 1.165) is 0 Å². The van der Waals surface area contributed by atoms with Gasteiger partial charge in [-0.15, -0.1) is 0 Å². The number of halogens is 1. The van der Waals surface area contributed by atoms with Crippen molar-refractivity contribution in [2.75, 3.05) is 24.9 Å². The minimum Gasteiger partial charge on any atom is -0.497 e. The molecule has 4 rings (SSSR count). The fraction of sp³-hybridized carbons (Fsp3) is 0.174. The van der Waals surface area contributed by atoms with Crippen LogP contribution in [-0.2, 0) is 0 Å². The minimum atomic E-state index is -0.606. The summed E-state index contributed by atoms with van der Waals surface area (Å²) in [5.74, 6) is 1.20. The summed E-state index contributed by atoms with van der Waals surface area (Å²) >= 11 is 0. The van der Waals surface area contributed by atoms with Crippen LogP contribution in [0.2, 0.25) is 0 Å². The van der Waals surface area contributed by atoms with E-state index >= 15 is 0 Å². The number of anilines is 4. The molecule has 0 aliphatic carbocycles. The van der Waals surface area contributed by atoms with Crippen molar-refractivity contribution >= 4 is 23.1 Å². The van der Waals surface area contributed by atoms with Crippen molar-refractivity contribution in [3.05, 3.63) is 66.8 Å². The van der Waals surface area contributed by atoms with Crippen LogP contribution in [0, 0.1) is 5.82 Å². The van der Waals surface area contributed by atoms with Gasteiger partial charge in [0.2, 0.25) is 0 Å². The van der Waals surface area contributed by atoms with Crippen molar-refractivity contribution < 1.29 is 19.0 Å². The van der Waals surface area contributed by atoms with Gasteiger partial charge in [-0.3, -0.25) is 0 Å². The van der Waals surface area contributed by atoms with Gasteiger partial charge in [-0.05, 0) is 18.6 Å². The lowest BCUT2D eigenvalue weighted by molar-refractivity contribution is 0.199. The van der Waals surface area contributed by atoms with E-state index in [1.54, 1.807) is 37.5 Å². The third-order valence-corrected chi connectivity index (χ3v) is 4.90. The highest BCUT2D eigenvalue weighted by atomic mass is 19.1. The fourth-order valence-electron chi connectivity index (χ4n) is 3.10. The smallest absolute Gasteiger partial charge is 0.188 e. The maximum Gasteiger partial charge on any atom is 0.188 e. The molecular formula is C23H22FN7O3. The highest BCUT2D eigenvalue weighted by molar-refractivity contribution is 5.77. The van der Waals surface area contributed by atoms with Crippen LogP contribution < -0.4 is 20.1 Å². The summed E-state index contributed by atoms with van der Waals surface area (Å²) in [6.45, 7) is 1.67. The van der Waals surface area contributed by atoms with Gasteiger partial charge in [0, 0.05) is 30.6 Å². The highest BCUT2D eigenvalue weighted by Gasteiger charge is 2.16. The van der Waals surface area contributed by atoms with Gasteiger partial charge in [0.05, 0.1) is 37.3 Å². The van der Waals surface area contributed by atoms with Crippen molar-refractivity contribution in [3.8, 4) is 22.8 Å². The molecule has 0 spiro atoms. The van der Waals surface area contributed by atoms with Crippen molar-refractivity contribution in [3.63, 3.8) is 0 Å². The average molecular weight is 463 g/mol. The molecule has 11 heteroatoms. The Morgan fingerprint density at radius 2 is 1.76 bits per heavy atom. The van der Waals surface area contributed by atoms with Crippen LogP contribution >= 0.6 is 0 Å². The van der Waals surface area contributed by atoms with Crippen LogP contribution in [-0.4, -0.2) is 44.2 Å². The second-order valence-corrected chi connectivity index (χ2v) is 7.17. The summed E-state index contributed by atoms with van der Waals surface area (Å²) in [7, 11) is 2.86. The molecule has 174 valence electrons. The van der Waals surface area contributed by atoms with Crippen LogP contribution in [0.25, 0.3) is 11.3 Å². The molecule has 4 aromatic rings. The van der Waals surface area contributed by atoms with Gasteiger partial charge in [0.15, 0.2) is 11.6 Å². The zero-order valence-electron chi connectivity index (χ0n) is 18.7. The number of nitrogens with zero attached hydrogens (tertiary/aromatic N) is 5. The Hall–Kier alpha value is -4.38. The zero-order valence-corrected chi connectivity index (χ0v) is 18.7. The quantitative estimate of drug-likeness (QED) is 0.352. The summed E-state index contributed by atoms with van der Waals surface area (Å²) in [5, 5.41) is 15.7. The number of rotatable bonds is 8. The zero-order chi connectivity index (χ0) is 24.1. The summed E-state index contributed by atoms with van der Waals surface area (Å²) in [4.78, 5) is 21.2. The number of benzene rings is 1. The molecule has 0 aliphatic heterocycles. The molecule has 34 heavy (non-hydrogen) atoms. The van der Waals surface area contributed by atoms with E-state index < -0.39 is 11.9 Å². The first-order valence-corrected chi connectivity index (χ1v) is 10.2. The predicted octanol–water partition coefficient (Wildman–Crippen LogP) is 4.03.